The number of hydrogen-bond acceptors (Lipinski definition) is 20. The van der Waals surface area contributed by atoms with Crippen LogP contribution in [0.5, 0.6) is 23.0 Å². The highest BCUT2D eigenvalue weighted by Gasteiger charge is 2.23. The van der Waals surface area contributed by atoms with Gasteiger partial charge in [-0.1, -0.05) is 41.9 Å². The van der Waals surface area contributed by atoms with E-state index in [-0.39, 0.29) is 55.1 Å². The number of rotatable bonds is 20. The van der Waals surface area contributed by atoms with Gasteiger partial charge in [-0.25, -0.2) is 45.5 Å². The van der Waals surface area contributed by atoms with Gasteiger partial charge < -0.3 is 18.9 Å². The van der Waals surface area contributed by atoms with E-state index in [4.69, 9.17) is 30.5 Å². The van der Waals surface area contributed by atoms with E-state index in [0.29, 0.717) is 84.5 Å². The Morgan fingerprint density at radius 2 is 0.710 bits per heavy atom. The zero-order valence-electron chi connectivity index (χ0n) is 69.2. The molecular weight excluding hydrogens is 1630 g/mol. The van der Waals surface area contributed by atoms with Gasteiger partial charge in [-0.2, -0.15) is 37.5 Å². The van der Waals surface area contributed by atoms with Crippen molar-refractivity contribution in [2.24, 2.45) is 28.2 Å². The van der Waals surface area contributed by atoms with E-state index < -0.39 is 34.6 Å². The van der Waals surface area contributed by atoms with Gasteiger partial charge in [0.15, 0.2) is 0 Å². The first-order chi connectivity index (χ1) is 59.4. The molecule has 8 aromatic heterocycles. The van der Waals surface area contributed by atoms with E-state index in [1.807, 2.05) is 128 Å². The summed E-state index contributed by atoms with van der Waals surface area (Å²) in [6.45, 7) is 17.5. The number of halogens is 7. The molecule has 0 unspecified atom stereocenters. The highest BCUT2D eigenvalue weighted by molar-refractivity contribution is 6.30. The van der Waals surface area contributed by atoms with Crippen molar-refractivity contribution in [1.29, 1.82) is 0 Å². The first-order valence-corrected chi connectivity index (χ1v) is 38.6. The maximum atomic E-state index is 14.5. The Kier molecular flexibility index (Phi) is 26.4. The van der Waals surface area contributed by atoms with E-state index in [0.717, 1.165) is 101 Å². The highest BCUT2D eigenvalue weighted by atomic mass is 35.5. The number of aromatic nitrogens is 20. The summed E-state index contributed by atoms with van der Waals surface area (Å²) in [6, 6.07) is 47.2. The van der Waals surface area contributed by atoms with Crippen LogP contribution in [0.4, 0.5) is 26.3 Å². The molecule has 0 aliphatic rings. The van der Waals surface area contributed by atoms with Crippen LogP contribution in [0.1, 0.15) is 72.3 Å². The van der Waals surface area contributed by atoms with Gasteiger partial charge in [0.05, 0.1) is 64.6 Å². The summed E-state index contributed by atoms with van der Waals surface area (Å²) >= 11 is 6.13. The second kappa shape index (κ2) is 37.7. The van der Waals surface area contributed by atoms with Crippen LogP contribution in [-0.2, 0) is 54.6 Å². The number of para-hydroxylation sites is 1. The van der Waals surface area contributed by atoms with Crippen molar-refractivity contribution in [1.82, 2.24) is 99.1 Å². The first-order valence-electron chi connectivity index (χ1n) is 38.2. The lowest BCUT2D eigenvalue weighted by molar-refractivity contribution is 0.301. The topological polar surface area (TPSA) is 299 Å². The van der Waals surface area contributed by atoms with Crippen molar-refractivity contribution in [3.8, 4) is 90.8 Å². The molecule has 0 N–H and O–H groups in total. The number of nitrogens with zero attached hydrogens (tertiary/aromatic N) is 20. The Bertz CT molecular complexity index is 6890. The molecule has 0 amide bonds. The molecule has 0 spiro atoms. The van der Waals surface area contributed by atoms with Gasteiger partial charge in [0, 0.05) is 77.7 Å². The lowest BCUT2D eigenvalue weighted by atomic mass is 10.0. The van der Waals surface area contributed by atoms with Gasteiger partial charge in [-0.05, 0) is 294 Å². The molecule has 124 heavy (non-hydrogen) atoms. The zero-order valence-corrected chi connectivity index (χ0v) is 69.9. The summed E-state index contributed by atoms with van der Waals surface area (Å²) in [5.74, 6) is 0.0598. The average molecular weight is 1710 g/mol. The van der Waals surface area contributed by atoms with Crippen LogP contribution in [-0.4, -0.2) is 99.1 Å². The molecule has 35 heteroatoms. The number of tetrazole rings is 4. The van der Waals surface area contributed by atoms with Crippen molar-refractivity contribution in [2.75, 3.05) is 0 Å². The van der Waals surface area contributed by atoms with Crippen LogP contribution >= 0.6 is 11.6 Å². The number of aryl methyl sites for hydroxylation is 12. The maximum Gasteiger partial charge on any atom is 0.368 e. The van der Waals surface area contributed by atoms with Crippen LogP contribution in [0, 0.1) is 97.2 Å². The normalized spacial score (nSPS) is 11.0. The molecule has 16 rings (SSSR count). The second-order valence-electron chi connectivity index (χ2n) is 28.8. The molecule has 0 aliphatic heterocycles. The van der Waals surface area contributed by atoms with E-state index in [1.54, 1.807) is 68.6 Å². The molecule has 0 saturated heterocycles. The van der Waals surface area contributed by atoms with Crippen LogP contribution in [0.3, 0.4) is 0 Å². The van der Waals surface area contributed by atoms with Crippen molar-refractivity contribution in [3.63, 3.8) is 0 Å². The number of hydrogen-bond donors (Lipinski definition) is 0. The Hall–Kier alpha value is -15.1. The lowest BCUT2D eigenvalue weighted by Gasteiger charge is -2.16. The predicted molar refractivity (Wildman–Crippen MR) is 450 cm³/mol. The van der Waals surface area contributed by atoms with Gasteiger partial charge in [0.1, 0.15) is 90.0 Å². The quantitative estimate of drug-likeness (QED) is 0.0640. The fraction of sp³-hybridized carbons (Fsp3) is 0.191. The second-order valence-corrected chi connectivity index (χ2v) is 29.3. The number of pyridine rings is 4. The van der Waals surface area contributed by atoms with Gasteiger partial charge in [0.2, 0.25) is 0 Å². The minimum Gasteiger partial charge on any atom is -0.489 e. The Morgan fingerprint density at radius 1 is 0.315 bits per heavy atom. The molecule has 8 aromatic carbocycles. The van der Waals surface area contributed by atoms with Gasteiger partial charge >= 0.3 is 22.8 Å². The third-order valence-electron chi connectivity index (χ3n) is 20.1. The lowest BCUT2D eigenvalue weighted by Crippen LogP contribution is -2.24. The molecule has 8 heterocycles. The zero-order chi connectivity index (χ0) is 88.5. The molecule has 0 fully saturated rings. The Labute approximate surface area is 709 Å². The smallest absolute Gasteiger partial charge is 0.368 e. The average Bonchev–Trinajstić information content (AvgIpc) is 1.54. The Morgan fingerprint density at radius 3 is 1.15 bits per heavy atom. The Balaban J connectivity index is 0.000000142. The predicted octanol–water partition coefficient (Wildman–Crippen LogP) is 14.7. The standard InChI is InChI=1S/C23H21F2N5O2.C22H19ClFN5O2.C22H19F2N5O2.C22H20FN5O2/c1-13-10-22(14(2)9-17(13)20-7-5-16(24)11-26-20)32-12-18-15(3)19(25)6-8-21(18)30-23(31)29(4)27-28-30;1-13-9-21(14(2)8-18(13)19-7-6-17(24)11-25-19)31-12-15-4-5-16(23)10-20(15)29-22(30)28(3)26-27-29;1-13-10-20(14(2)9-17(13)19-8-7-16(23)11-25-19)31-12-15-5-4-6-18(24)21(15)29-22(30)28(3)26-27-29;1-14-5-4-6-20(28-22(29)27(3)25-26-28)18(14)13-30-21-10-7-16(11-15(21)2)19-9-8-17(23)12-24-19/h5-11H,12H2,1-4H3;2*4-11H,12H2,1-3H3;4-12H,13H2,1-3H3. The van der Waals surface area contributed by atoms with E-state index in [2.05, 4.69) is 61.6 Å². The SMILES string of the molecule is Cc1cc(-c2ccc(F)cn2)c(C)cc1OCc1c(-n2nnn(C)c2=O)ccc(F)c1C.Cc1cc(-c2ccc(F)cn2)c(C)cc1OCc1ccc(Cl)cc1-n1nnn(C)c1=O.Cc1cc(-c2ccc(F)cn2)c(C)cc1OCc1cccc(F)c1-n1nnn(C)c1=O.Cc1cc(-c2ccc(F)cn2)ccc1OCc1c(C)cccc1-n1nnn(C)c1=O. The highest BCUT2D eigenvalue weighted by Crippen LogP contribution is 2.36. The van der Waals surface area contributed by atoms with Crippen molar-refractivity contribution in [2.45, 2.75) is 88.7 Å². The molecule has 0 saturated carbocycles. The van der Waals surface area contributed by atoms with E-state index in [1.165, 1.54) is 102 Å². The fourth-order valence-corrected chi connectivity index (χ4v) is 13.3. The van der Waals surface area contributed by atoms with Gasteiger partial charge in [0.25, 0.3) is 0 Å². The summed E-state index contributed by atoms with van der Waals surface area (Å²) in [5, 5.41) is 30.8. The van der Waals surface area contributed by atoms with E-state index >= 15 is 0 Å². The molecule has 0 atom stereocenters. The monoisotopic (exact) mass is 1700 g/mol. The molecule has 28 nitrogen and oxygen atoms in total. The molecule has 0 radical (unpaired) electrons. The summed E-state index contributed by atoms with van der Waals surface area (Å²) < 4.78 is 115. The van der Waals surface area contributed by atoms with Crippen LogP contribution < -0.4 is 41.7 Å². The van der Waals surface area contributed by atoms with Crippen LogP contribution in [0.25, 0.3) is 67.8 Å². The minimum atomic E-state index is -0.602. The maximum absolute atomic E-state index is 14.5. The van der Waals surface area contributed by atoms with Crippen molar-refractivity contribution in [3.05, 3.63) is 349 Å². The fourth-order valence-electron chi connectivity index (χ4n) is 13.2. The molecule has 0 bridgehead atoms. The molecule has 16 aromatic rings. The number of ether oxygens (including phenoxy) is 4. The molecule has 0 aliphatic carbocycles. The molecular formula is C89H79ClF6N20O8. The molecule has 632 valence electrons. The summed E-state index contributed by atoms with van der Waals surface area (Å²) in [5.41, 5.74) is 16.1. The van der Waals surface area contributed by atoms with Gasteiger partial charge in [-0.15, -0.1) is 0 Å². The minimum absolute atomic E-state index is 0.00195. The van der Waals surface area contributed by atoms with Gasteiger partial charge in [-0.3, -0.25) is 19.9 Å². The summed E-state index contributed by atoms with van der Waals surface area (Å²) in [4.78, 5) is 65.7. The van der Waals surface area contributed by atoms with Crippen LogP contribution in [0.2, 0.25) is 5.02 Å². The third-order valence-corrected chi connectivity index (χ3v) is 20.3. The first kappa shape index (κ1) is 86.7. The summed E-state index contributed by atoms with van der Waals surface area (Å²) in [6.07, 6.45) is 4.75. The largest absolute Gasteiger partial charge is 0.489 e. The summed E-state index contributed by atoms with van der Waals surface area (Å²) in [7, 11) is 6.00. The van der Waals surface area contributed by atoms with Crippen LogP contribution in [0.15, 0.2) is 214 Å². The third kappa shape index (κ3) is 19.5. The van der Waals surface area contributed by atoms with Crippen molar-refractivity contribution >= 4 is 11.6 Å². The number of benzene rings is 8. The van der Waals surface area contributed by atoms with E-state index in [9.17, 15) is 45.5 Å². The van der Waals surface area contributed by atoms with Crippen molar-refractivity contribution < 1.29 is 45.3 Å².